The molecule has 0 spiro atoms. The second kappa shape index (κ2) is 6.77. The minimum atomic E-state index is -0.508. The van der Waals surface area contributed by atoms with Gasteiger partial charge in [-0.1, -0.05) is 6.07 Å². The number of carbonyl (C=O) groups is 1. The van der Waals surface area contributed by atoms with Gasteiger partial charge in [-0.05, 0) is 41.8 Å². The van der Waals surface area contributed by atoms with Gasteiger partial charge < -0.3 is 19.6 Å². The number of H-pyrrole nitrogens is 2. The fourth-order valence-corrected chi connectivity index (χ4v) is 4.08. The van der Waals surface area contributed by atoms with Crippen molar-refractivity contribution in [1.29, 1.82) is 0 Å². The fourth-order valence-electron chi connectivity index (χ4n) is 4.08. The SMILES string of the molecule is CN(C(=O)c1cc2ccc(F)cc2[nH]1)[C@H]1COCc2[nH]c(=O)c3cc(F)ccc3c21. The average molecular weight is 409 g/mol. The molecule has 6 nitrogen and oxygen atoms in total. The Labute approximate surface area is 169 Å². The van der Waals surface area contributed by atoms with E-state index in [9.17, 15) is 18.4 Å². The van der Waals surface area contributed by atoms with Gasteiger partial charge in [0.1, 0.15) is 17.3 Å². The second-order valence-corrected chi connectivity index (χ2v) is 7.40. The number of likely N-dealkylation sites (N-methyl/N-ethyl adjacent to an activating group) is 1. The highest BCUT2D eigenvalue weighted by Gasteiger charge is 2.31. The van der Waals surface area contributed by atoms with Gasteiger partial charge in [-0.2, -0.15) is 0 Å². The number of carbonyl (C=O) groups excluding carboxylic acids is 1. The first-order valence-electron chi connectivity index (χ1n) is 9.40. The van der Waals surface area contributed by atoms with Crippen molar-refractivity contribution in [3.8, 4) is 0 Å². The van der Waals surface area contributed by atoms with Crippen molar-refractivity contribution in [2.75, 3.05) is 13.7 Å². The van der Waals surface area contributed by atoms with E-state index in [4.69, 9.17) is 4.74 Å². The molecule has 0 bridgehead atoms. The average Bonchev–Trinajstić information content (AvgIpc) is 3.15. The van der Waals surface area contributed by atoms with E-state index in [-0.39, 0.29) is 24.5 Å². The Morgan fingerprint density at radius 3 is 2.67 bits per heavy atom. The molecule has 1 atom stereocenters. The fraction of sp³-hybridized carbons (Fsp3) is 0.182. The maximum atomic E-state index is 13.7. The molecular formula is C22H17F2N3O3. The van der Waals surface area contributed by atoms with Gasteiger partial charge in [0, 0.05) is 29.2 Å². The third-order valence-corrected chi connectivity index (χ3v) is 5.56. The van der Waals surface area contributed by atoms with Crippen molar-refractivity contribution in [3.05, 3.63) is 81.4 Å². The number of aromatic amines is 2. The van der Waals surface area contributed by atoms with E-state index in [2.05, 4.69) is 9.97 Å². The first-order valence-corrected chi connectivity index (χ1v) is 9.40. The number of nitrogens with zero attached hydrogens (tertiary/aromatic N) is 1. The third kappa shape index (κ3) is 2.88. The Hall–Kier alpha value is -3.52. The van der Waals surface area contributed by atoms with Gasteiger partial charge in [-0.3, -0.25) is 9.59 Å². The summed E-state index contributed by atoms with van der Waals surface area (Å²) < 4.78 is 32.8. The van der Waals surface area contributed by atoms with E-state index in [1.807, 2.05) is 0 Å². The van der Waals surface area contributed by atoms with Gasteiger partial charge in [0.25, 0.3) is 11.5 Å². The van der Waals surface area contributed by atoms with Crippen molar-refractivity contribution in [2.24, 2.45) is 0 Å². The molecule has 30 heavy (non-hydrogen) atoms. The number of fused-ring (bicyclic) bond motifs is 4. The molecule has 0 aliphatic carbocycles. The molecule has 8 heteroatoms. The molecular weight excluding hydrogens is 392 g/mol. The Bertz CT molecular complexity index is 1380. The van der Waals surface area contributed by atoms with E-state index >= 15 is 0 Å². The van der Waals surface area contributed by atoms with E-state index in [0.29, 0.717) is 22.3 Å². The number of hydrogen-bond donors (Lipinski definition) is 2. The molecule has 0 radical (unpaired) electrons. The molecule has 0 saturated carbocycles. The van der Waals surface area contributed by atoms with Crippen LogP contribution in [-0.2, 0) is 11.3 Å². The van der Waals surface area contributed by atoms with E-state index in [1.54, 1.807) is 25.2 Å². The number of ether oxygens (including phenoxy) is 1. The van der Waals surface area contributed by atoms with Crippen LogP contribution in [0.25, 0.3) is 21.7 Å². The number of hydrogen-bond acceptors (Lipinski definition) is 3. The van der Waals surface area contributed by atoms with Crippen LogP contribution in [0.4, 0.5) is 8.78 Å². The van der Waals surface area contributed by atoms with Gasteiger partial charge in [0.15, 0.2) is 0 Å². The summed E-state index contributed by atoms with van der Waals surface area (Å²) in [7, 11) is 1.64. The summed E-state index contributed by atoms with van der Waals surface area (Å²) in [5, 5.41) is 1.53. The minimum absolute atomic E-state index is 0.197. The van der Waals surface area contributed by atoms with Crippen LogP contribution in [0, 0.1) is 11.6 Å². The van der Waals surface area contributed by atoms with E-state index in [0.717, 1.165) is 10.9 Å². The number of nitrogens with one attached hydrogen (secondary N) is 2. The predicted molar refractivity (Wildman–Crippen MR) is 107 cm³/mol. The Balaban J connectivity index is 1.59. The highest BCUT2D eigenvalue weighted by molar-refractivity contribution is 5.98. The summed E-state index contributed by atoms with van der Waals surface area (Å²) in [6.45, 7) is 0.421. The van der Waals surface area contributed by atoms with Gasteiger partial charge in [-0.15, -0.1) is 0 Å². The van der Waals surface area contributed by atoms with Crippen LogP contribution in [-0.4, -0.2) is 34.4 Å². The highest BCUT2D eigenvalue weighted by atomic mass is 19.1. The topological polar surface area (TPSA) is 78.2 Å². The molecule has 5 rings (SSSR count). The van der Waals surface area contributed by atoms with Crippen molar-refractivity contribution >= 4 is 27.6 Å². The molecule has 152 valence electrons. The third-order valence-electron chi connectivity index (χ3n) is 5.56. The van der Waals surface area contributed by atoms with Crippen LogP contribution in [0.3, 0.4) is 0 Å². The standard InChI is InChI=1S/C22H17F2N3O3/c1-27(22(29)17-6-11-2-3-13(24)8-16(11)25-17)19-10-30-9-18-20(19)14-5-4-12(23)7-15(14)21(28)26-18/h2-8,19,25H,9-10H2,1H3,(H,26,28)/t19-/m0/s1. The maximum absolute atomic E-state index is 13.7. The van der Waals surface area contributed by atoms with Gasteiger partial charge in [0.2, 0.25) is 0 Å². The number of benzene rings is 2. The predicted octanol–water partition coefficient (Wildman–Crippen LogP) is 3.63. The molecule has 3 heterocycles. The van der Waals surface area contributed by atoms with Crippen LogP contribution in [0.1, 0.15) is 27.8 Å². The highest BCUT2D eigenvalue weighted by Crippen LogP contribution is 2.33. The number of amides is 1. The van der Waals surface area contributed by atoms with Gasteiger partial charge in [-0.25, -0.2) is 8.78 Å². The summed E-state index contributed by atoms with van der Waals surface area (Å²) in [5.41, 5.74) is 1.73. The molecule has 2 N–H and O–H groups in total. The molecule has 0 unspecified atom stereocenters. The second-order valence-electron chi connectivity index (χ2n) is 7.40. The summed E-state index contributed by atoms with van der Waals surface area (Å²) in [4.78, 5) is 32.8. The molecule has 0 saturated heterocycles. The quantitative estimate of drug-likeness (QED) is 0.531. The van der Waals surface area contributed by atoms with Crippen LogP contribution >= 0.6 is 0 Å². The summed E-state index contributed by atoms with van der Waals surface area (Å²) in [5.74, 6) is -1.21. The van der Waals surface area contributed by atoms with Crippen molar-refractivity contribution in [2.45, 2.75) is 12.6 Å². The first-order chi connectivity index (χ1) is 14.4. The van der Waals surface area contributed by atoms with Crippen LogP contribution in [0.2, 0.25) is 0 Å². The van der Waals surface area contributed by atoms with Crippen molar-refractivity contribution in [1.82, 2.24) is 14.9 Å². The molecule has 1 aliphatic heterocycles. The lowest BCUT2D eigenvalue weighted by atomic mass is 9.95. The number of pyridine rings is 1. The lowest BCUT2D eigenvalue weighted by Gasteiger charge is -2.33. The normalized spacial score (nSPS) is 16.0. The molecule has 4 aromatic rings. The maximum Gasteiger partial charge on any atom is 0.270 e. The Morgan fingerprint density at radius 1 is 1.07 bits per heavy atom. The number of rotatable bonds is 2. The minimum Gasteiger partial charge on any atom is -0.373 e. The van der Waals surface area contributed by atoms with Gasteiger partial charge in [0.05, 0.1) is 24.6 Å². The molecule has 0 fully saturated rings. The van der Waals surface area contributed by atoms with Gasteiger partial charge >= 0.3 is 0 Å². The zero-order valence-electron chi connectivity index (χ0n) is 16.0. The van der Waals surface area contributed by atoms with E-state index in [1.165, 1.54) is 29.2 Å². The van der Waals surface area contributed by atoms with Crippen molar-refractivity contribution < 1.29 is 18.3 Å². The Kier molecular flexibility index (Phi) is 4.18. The summed E-state index contributed by atoms with van der Waals surface area (Å²) >= 11 is 0. The Morgan fingerprint density at radius 2 is 1.83 bits per heavy atom. The first kappa shape index (κ1) is 18.5. The smallest absolute Gasteiger partial charge is 0.270 e. The number of halogens is 2. The molecule has 1 amide bonds. The van der Waals surface area contributed by atoms with Crippen LogP contribution in [0.15, 0.2) is 47.3 Å². The number of aromatic nitrogens is 2. The zero-order valence-corrected chi connectivity index (χ0v) is 16.0. The summed E-state index contributed by atoms with van der Waals surface area (Å²) in [6, 6.07) is 9.48. The lowest BCUT2D eigenvalue weighted by Crippen LogP contribution is -2.37. The molecule has 2 aromatic heterocycles. The van der Waals surface area contributed by atoms with Crippen LogP contribution < -0.4 is 5.56 Å². The van der Waals surface area contributed by atoms with Crippen molar-refractivity contribution in [3.63, 3.8) is 0 Å². The monoisotopic (exact) mass is 409 g/mol. The van der Waals surface area contributed by atoms with E-state index < -0.39 is 23.2 Å². The summed E-state index contributed by atoms with van der Waals surface area (Å²) in [6.07, 6.45) is 0. The lowest BCUT2D eigenvalue weighted by molar-refractivity contribution is 0.0333. The zero-order chi connectivity index (χ0) is 21.0. The molecule has 2 aromatic carbocycles. The largest absolute Gasteiger partial charge is 0.373 e. The van der Waals surface area contributed by atoms with Crippen LogP contribution in [0.5, 0.6) is 0 Å². The molecule has 1 aliphatic rings.